The Morgan fingerprint density at radius 1 is 1.06 bits per heavy atom. The highest BCUT2D eigenvalue weighted by atomic mass is 32.1. The standard InChI is InChI=1S/C25H23F3N2O5S/c1-14(16-7-5-6-8-17(16)25(26,27)28)35-20-12-21(36-22(20)23(31)32-2)30-13-29-18-10-9-15(11-19(18)30)24(33-3)34-4/h5-14,24H,1-4H3. The summed E-state index contributed by atoms with van der Waals surface area (Å²) in [5.74, 6) is -0.558. The van der Waals surface area contributed by atoms with E-state index < -0.39 is 30.1 Å². The largest absolute Gasteiger partial charge is 0.484 e. The minimum absolute atomic E-state index is 0.0449. The van der Waals surface area contributed by atoms with E-state index >= 15 is 0 Å². The predicted molar refractivity (Wildman–Crippen MR) is 128 cm³/mol. The van der Waals surface area contributed by atoms with Gasteiger partial charge in [-0.25, -0.2) is 9.78 Å². The number of methoxy groups -OCH3 is 3. The number of alkyl halides is 3. The first kappa shape index (κ1) is 25.7. The molecule has 0 fully saturated rings. The number of hydrogen-bond acceptors (Lipinski definition) is 7. The number of benzene rings is 2. The van der Waals surface area contributed by atoms with Crippen LogP contribution in [0.15, 0.2) is 54.9 Å². The van der Waals surface area contributed by atoms with Gasteiger partial charge in [0.25, 0.3) is 0 Å². The number of fused-ring (bicyclic) bond motifs is 1. The molecule has 1 atom stereocenters. The monoisotopic (exact) mass is 520 g/mol. The molecule has 7 nitrogen and oxygen atoms in total. The SMILES string of the molecule is COC(=O)c1sc(-n2cnc3ccc(C(OC)OC)cc32)cc1OC(C)c1ccccc1C(F)(F)F. The maximum atomic E-state index is 13.5. The fraction of sp³-hybridized carbons (Fsp3) is 0.280. The van der Waals surface area contributed by atoms with Gasteiger partial charge in [0.15, 0.2) is 11.2 Å². The summed E-state index contributed by atoms with van der Waals surface area (Å²) in [6.07, 6.45) is -4.54. The molecule has 0 aliphatic carbocycles. The Bertz CT molecular complexity index is 1380. The molecular weight excluding hydrogens is 497 g/mol. The topological polar surface area (TPSA) is 71.8 Å². The van der Waals surface area contributed by atoms with Gasteiger partial charge < -0.3 is 18.9 Å². The van der Waals surface area contributed by atoms with Crippen molar-refractivity contribution in [1.82, 2.24) is 9.55 Å². The third-order valence-corrected chi connectivity index (χ3v) is 6.67. The summed E-state index contributed by atoms with van der Waals surface area (Å²) in [5, 5.41) is 0.563. The molecule has 0 radical (unpaired) electrons. The number of rotatable bonds is 8. The van der Waals surface area contributed by atoms with Crippen molar-refractivity contribution in [2.75, 3.05) is 21.3 Å². The van der Waals surface area contributed by atoms with Gasteiger partial charge in [0.05, 0.1) is 23.7 Å². The number of nitrogens with zero attached hydrogens (tertiary/aromatic N) is 2. The van der Waals surface area contributed by atoms with Gasteiger partial charge in [-0.3, -0.25) is 4.57 Å². The van der Waals surface area contributed by atoms with Crippen LogP contribution in [0.25, 0.3) is 16.0 Å². The van der Waals surface area contributed by atoms with E-state index in [1.165, 1.54) is 46.5 Å². The van der Waals surface area contributed by atoms with Crippen LogP contribution >= 0.6 is 11.3 Å². The summed E-state index contributed by atoms with van der Waals surface area (Å²) in [6, 6.07) is 12.3. The van der Waals surface area contributed by atoms with Gasteiger partial charge in [-0.15, -0.1) is 11.3 Å². The van der Waals surface area contributed by atoms with Gasteiger partial charge in [0, 0.05) is 31.4 Å². The first-order valence-electron chi connectivity index (χ1n) is 10.8. The summed E-state index contributed by atoms with van der Waals surface area (Å²) < 4.78 is 63.8. The molecular formula is C25H23F3N2O5S. The molecule has 36 heavy (non-hydrogen) atoms. The number of halogens is 3. The van der Waals surface area contributed by atoms with Crippen LogP contribution in [0.3, 0.4) is 0 Å². The van der Waals surface area contributed by atoms with Crippen LogP contribution in [-0.2, 0) is 20.4 Å². The van der Waals surface area contributed by atoms with Crippen molar-refractivity contribution in [3.05, 3.63) is 76.4 Å². The normalized spacial score (nSPS) is 12.8. The molecule has 0 amide bonds. The molecule has 4 rings (SSSR count). The zero-order chi connectivity index (χ0) is 26.0. The molecule has 190 valence electrons. The summed E-state index contributed by atoms with van der Waals surface area (Å²) in [7, 11) is 4.28. The van der Waals surface area contributed by atoms with Crippen molar-refractivity contribution < 1.29 is 36.9 Å². The average Bonchev–Trinajstić information content (AvgIpc) is 3.47. The summed E-state index contributed by atoms with van der Waals surface area (Å²) in [6.45, 7) is 1.50. The first-order valence-corrected chi connectivity index (χ1v) is 11.6. The van der Waals surface area contributed by atoms with Crippen molar-refractivity contribution >= 4 is 28.3 Å². The highest BCUT2D eigenvalue weighted by molar-refractivity contribution is 7.16. The highest BCUT2D eigenvalue weighted by Crippen LogP contribution is 2.40. The van der Waals surface area contributed by atoms with Crippen molar-refractivity contribution in [3.63, 3.8) is 0 Å². The molecule has 11 heteroatoms. The van der Waals surface area contributed by atoms with E-state index in [9.17, 15) is 18.0 Å². The molecule has 0 saturated carbocycles. The van der Waals surface area contributed by atoms with Crippen LogP contribution in [0.2, 0.25) is 0 Å². The van der Waals surface area contributed by atoms with Gasteiger partial charge >= 0.3 is 12.1 Å². The van der Waals surface area contributed by atoms with E-state index in [2.05, 4.69) is 4.98 Å². The lowest BCUT2D eigenvalue weighted by Gasteiger charge is -2.19. The fourth-order valence-electron chi connectivity index (χ4n) is 3.88. The van der Waals surface area contributed by atoms with Crippen LogP contribution in [0.5, 0.6) is 5.75 Å². The van der Waals surface area contributed by atoms with E-state index in [0.717, 1.165) is 23.0 Å². The molecule has 0 N–H and O–H groups in total. The van der Waals surface area contributed by atoms with E-state index in [-0.39, 0.29) is 16.2 Å². The molecule has 4 aromatic rings. The molecule has 0 spiro atoms. The first-order chi connectivity index (χ1) is 17.2. The van der Waals surface area contributed by atoms with Gasteiger partial charge in [-0.05, 0) is 25.1 Å². The minimum atomic E-state index is -4.55. The molecule has 2 aromatic heterocycles. The number of carbonyl (C=O) groups is 1. The van der Waals surface area contributed by atoms with Gasteiger partial charge in [-0.1, -0.05) is 24.3 Å². The smallest absolute Gasteiger partial charge is 0.416 e. The molecule has 2 heterocycles. The second kappa shape index (κ2) is 10.3. The van der Waals surface area contributed by atoms with Crippen LogP contribution in [0.1, 0.15) is 45.7 Å². The number of imidazole rings is 1. The quantitative estimate of drug-likeness (QED) is 0.200. The maximum absolute atomic E-state index is 13.5. The lowest BCUT2D eigenvalue weighted by molar-refractivity contribution is -0.139. The van der Waals surface area contributed by atoms with Crippen molar-refractivity contribution in [3.8, 4) is 10.8 Å². The third-order valence-electron chi connectivity index (χ3n) is 5.57. The van der Waals surface area contributed by atoms with E-state index in [1.54, 1.807) is 17.0 Å². The van der Waals surface area contributed by atoms with Gasteiger partial charge in [0.2, 0.25) is 0 Å². The second-order valence-electron chi connectivity index (χ2n) is 7.78. The zero-order valence-corrected chi connectivity index (χ0v) is 20.6. The van der Waals surface area contributed by atoms with E-state index in [0.29, 0.717) is 16.0 Å². The molecule has 0 saturated heterocycles. The van der Waals surface area contributed by atoms with Crippen molar-refractivity contribution in [1.29, 1.82) is 0 Å². The molecule has 1 unspecified atom stereocenters. The minimum Gasteiger partial charge on any atom is -0.484 e. The van der Waals surface area contributed by atoms with E-state index in [4.69, 9.17) is 18.9 Å². The Kier molecular flexibility index (Phi) is 7.34. The Balaban J connectivity index is 1.76. The molecule has 2 aromatic carbocycles. The number of thiophene rings is 1. The number of hydrogen-bond donors (Lipinski definition) is 0. The van der Waals surface area contributed by atoms with Gasteiger partial charge in [0.1, 0.15) is 23.2 Å². The van der Waals surface area contributed by atoms with Crippen LogP contribution in [-0.4, -0.2) is 36.8 Å². The van der Waals surface area contributed by atoms with Crippen LogP contribution in [0, 0.1) is 0 Å². The zero-order valence-electron chi connectivity index (χ0n) is 19.8. The van der Waals surface area contributed by atoms with Crippen molar-refractivity contribution in [2.24, 2.45) is 0 Å². The highest BCUT2D eigenvalue weighted by Gasteiger charge is 2.35. The second-order valence-corrected chi connectivity index (χ2v) is 8.81. The maximum Gasteiger partial charge on any atom is 0.416 e. The predicted octanol–water partition coefficient (Wildman–Crippen LogP) is 6.32. The summed E-state index contributed by atoms with van der Waals surface area (Å²) in [4.78, 5) is 17.0. The Hall–Kier alpha value is -3.41. The van der Waals surface area contributed by atoms with Crippen LogP contribution < -0.4 is 4.74 Å². The Morgan fingerprint density at radius 3 is 2.44 bits per heavy atom. The fourth-order valence-corrected chi connectivity index (χ4v) is 4.88. The number of ether oxygens (including phenoxy) is 4. The third kappa shape index (κ3) is 4.95. The number of carbonyl (C=O) groups excluding carboxylic acids is 1. The molecule has 0 aliphatic rings. The van der Waals surface area contributed by atoms with Crippen LogP contribution in [0.4, 0.5) is 13.2 Å². The number of aromatic nitrogens is 2. The molecule has 0 bridgehead atoms. The van der Waals surface area contributed by atoms with Gasteiger partial charge in [-0.2, -0.15) is 13.2 Å². The van der Waals surface area contributed by atoms with Crippen molar-refractivity contribution in [2.45, 2.75) is 25.5 Å². The lowest BCUT2D eigenvalue weighted by atomic mass is 10.0. The average molecular weight is 521 g/mol. The van der Waals surface area contributed by atoms with E-state index in [1.807, 2.05) is 18.2 Å². The summed E-state index contributed by atoms with van der Waals surface area (Å²) >= 11 is 1.08. The Labute approximate surface area is 209 Å². The lowest BCUT2D eigenvalue weighted by Crippen LogP contribution is -2.14. The Morgan fingerprint density at radius 2 is 1.78 bits per heavy atom. The number of esters is 1. The summed E-state index contributed by atoms with van der Waals surface area (Å²) in [5.41, 5.74) is 1.31. The molecule has 0 aliphatic heterocycles.